The lowest BCUT2D eigenvalue weighted by atomic mass is 9.97. The first kappa shape index (κ1) is 13.9. The second-order valence-electron chi connectivity index (χ2n) is 7.00. The Morgan fingerprint density at radius 3 is 2.10 bits per heavy atom. The fourth-order valence-corrected chi connectivity index (χ4v) is 2.96. The van der Waals surface area contributed by atoms with E-state index in [1.54, 1.807) is 0 Å². The van der Waals surface area contributed by atoms with E-state index in [0.29, 0.717) is 5.92 Å². The number of anilines is 1. The Kier molecular flexibility index (Phi) is 4.30. The quantitative estimate of drug-likeness (QED) is 0.728. The SMILES string of the molecule is CC(CCN(CC1CC1)CC1CC1)c1ccc(N)cc1. The maximum atomic E-state index is 5.76. The summed E-state index contributed by atoms with van der Waals surface area (Å²) in [4.78, 5) is 2.74. The highest BCUT2D eigenvalue weighted by molar-refractivity contribution is 5.40. The maximum absolute atomic E-state index is 5.76. The van der Waals surface area contributed by atoms with Crippen molar-refractivity contribution in [2.75, 3.05) is 25.4 Å². The van der Waals surface area contributed by atoms with E-state index in [0.717, 1.165) is 17.5 Å². The van der Waals surface area contributed by atoms with Gasteiger partial charge in [-0.1, -0.05) is 19.1 Å². The van der Waals surface area contributed by atoms with Crippen LogP contribution >= 0.6 is 0 Å². The van der Waals surface area contributed by atoms with Crippen molar-refractivity contribution >= 4 is 5.69 Å². The summed E-state index contributed by atoms with van der Waals surface area (Å²) in [6.07, 6.45) is 7.14. The molecule has 2 fully saturated rings. The van der Waals surface area contributed by atoms with E-state index in [2.05, 4.69) is 24.0 Å². The van der Waals surface area contributed by atoms with Crippen LogP contribution in [-0.4, -0.2) is 24.5 Å². The molecule has 0 aliphatic heterocycles. The van der Waals surface area contributed by atoms with Crippen LogP contribution in [0.15, 0.2) is 24.3 Å². The van der Waals surface area contributed by atoms with Gasteiger partial charge in [-0.2, -0.15) is 0 Å². The Bertz CT molecular complexity index is 404. The molecule has 1 aromatic carbocycles. The second-order valence-corrected chi connectivity index (χ2v) is 7.00. The number of nitrogen functional groups attached to an aromatic ring is 1. The third-order valence-corrected chi connectivity index (χ3v) is 4.81. The summed E-state index contributed by atoms with van der Waals surface area (Å²) in [7, 11) is 0. The zero-order chi connectivity index (χ0) is 13.9. The summed E-state index contributed by atoms with van der Waals surface area (Å²) in [5.74, 6) is 2.66. The van der Waals surface area contributed by atoms with Gasteiger partial charge in [0.1, 0.15) is 0 Å². The van der Waals surface area contributed by atoms with Gasteiger partial charge >= 0.3 is 0 Å². The van der Waals surface area contributed by atoms with Gasteiger partial charge in [-0.05, 0) is 74.1 Å². The lowest BCUT2D eigenvalue weighted by molar-refractivity contribution is 0.244. The molecule has 0 radical (unpaired) electrons. The molecule has 1 atom stereocenters. The summed E-state index contributed by atoms with van der Waals surface area (Å²) < 4.78 is 0. The monoisotopic (exact) mass is 272 g/mol. The Morgan fingerprint density at radius 1 is 1.05 bits per heavy atom. The highest BCUT2D eigenvalue weighted by atomic mass is 15.1. The molecule has 110 valence electrons. The van der Waals surface area contributed by atoms with Crippen molar-refractivity contribution < 1.29 is 0 Å². The van der Waals surface area contributed by atoms with Gasteiger partial charge in [0.05, 0.1) is 0 Å². The number of nitrogens with two attached hydrogens (primary N) is 1. The van der Waals surface area contributed by atoms with Crippen molar-refractivity contribution in [2.45, 2.75) is 44.9 Å². The predicted molar refractivity (Wildman–Crippen MR) is 85.8 cm³/mol. The Hall–Kier alpha value is -1.02. The molecule has 0 amide bonds. The Labute approximate surface area is 123 Å². The van der Waals surface area contributed by atoms with Crippen LogP contribution in [0.5, 0.6) is 0 Å². The first-order chi connectivity index (χ1) is 9.70. The van der Waals surface area contributed by atoms with Crippen LogP contribution in [0.25, 0.3) is 0 Å². The fourth-order valence-electron chi connectivity index (χ4n) is 2.96. The van der Waals surface area contributed by atoms with E-state index in [4.69, 9.17) is 5.73 Å². The largest absolute Gasteiger partial charge is 0.399 e. The molecule has 1 aromatic rings. The van der Waals surface area contributed by atoms with Gasteiger partial charge < -0.3 is 10.6 Å². The van der Waals surface area contributed by atoms with E-state index >= 15 is 0 Å². The topological polar surface area (TPSA) is 29.3 Å². The summed E-state index contributed by atoms with van der Waals surface area (Å²) in [5, 5.41) is 0. The molecule has 2 N–H and O–H groups in total. The average molecular weight is 272 g/mol. The zero-order valence-electron chi connectivity index (χ0n) is 12.7. The normalized spacial score (nSPS) is 20.3. The van der Waals surface area contributed by atoms with Crippen LogP contribution < -0.4 is 5.73 Å². The zero-order valence-corrected chi connectivity index (χ0v) is 12.7. The van der Waals surface area contributed by atoms with E-state index in [-0.39, 0.29) is 0 Å². The molecule has 0 spiro atoms. The fraction of sp³-hybridized carbons (Fsp3) is 0.667. The second kappa shape index (κ2) is 6.17. The third-order valence-electron chi connectivity index (χ3n) is 4.81. The van der Waals surface area contributed by atoms with E-state index < -0.39 is 0 Å². The minimum Gasteiger partial charge on any atom is -0.399 e. The Balaban J connectivity index is 1.48. The van der Waals surface area contributed by atoms with E-state index in [1.807, 2.05) is 12.1 Å². The van der Waals surface area contributed by atoms with Gasteiger partial charge in [0, 0.05) is 18.8 Å². The summed E-state index contributed by atoms with van der Waals surface area (Å²) in [6, 6.07) is 8.42. The third kappa shape index (κ3) is 4.24. The molecule has 2 heteroatoms. The molecule has 2 nitrogen and oxygen atoms in total. The molecule has 2 aliphatic rings. The van der Waals surface area contributed by atoms with Crippen LogP contribution in [0.3, 0.4) is 0 Å². The van der Waals surface area contributed by atoms with Gasteiger partial charge in [-0.15, -0.1) is 0 Å². The van der Waals surface area contributed by atoms with Crippen LogP contribution in [-0.2, 0) is 0 Å². The minimum absolute atomic E-state index is 0.636. The molecule has 0 saturated heterocycles. The number of hydrogen-bond donors (Lipinski definition) is 1. The van der Waals surface area contributed by atoms with Gasteiger partial charge in [-0.25, -0.2) is 0 Å². The molecular weight excluding hydrogens is 244 g/mol. The van der Waals surface area contributed by atoms with Crippen LogP contribution in [0, 0.1) is 11.8 Å². The summed E-state index contributed by atoms with van der Waals surface area (Å²) in [6.45, 7) is 6.31. The Morgan fingerprint density at radius 2 is 1.60 bits per heavy atom. The van der Waals surface area contributed by atoms with Crippen molar-refractivity contribution in [2.24, 2.45) is 11.8 Å². The van der Waals surface area contributed by atoms with Gasteiger partial charge in [0.25, 0.3) is 0 Å². The van der Waals surface area contributed by atoms with Crippen molar-refractivity contribution in [3.05, 3.63) is 29.8 Å². The first-order valence-corrected chi connectivity index (χ1v) is 8.28. The standard InChI is InChI=1S/C18H28N2/c1-14(17-6-8-18(19)9-7-17)10-11-20(12-15-2-3-15)13-16-4-5-16/h6-9,14-16H,2-5,10-13,19H2,1H3. The number of hydrogen-bond acceptors (Lipinski definition) is 2. The van der Waals surface area contributed by atoms with Crippen LogP contribution in [0.1, 0.15) is 50.5 Å². The van der Waals surface area contributed by atoms with Crippen LogP contribution in [0.4, 0.5) is 5.69 Å². The highest BCUT2D eigenvalue weighted by Gasteiger charge is 2.29. The maximum Gasteiger partial charge on any atom is 0.0314 e. The van der Waals surface area contributed by atoms with Crippen molar-refractivity contribution in [3.8, 4) is 0 Å². The molecular formula is C18H28N2. The lowest BCUT2D eigenvalue weighted by Gasteiger charge is -2.24. The number of rotatable bonds is 8. The molecule has 1 unspecified atom stereocenters. The summed E-state index contributed by atoms with van der Waals surface area (Å²) in [5.41, 5.74) is 8.06. The van der Waals surface area contributed by atoms with Gasteiger partial charge in [0.2, 0.25) is 0 Å². The lowest BCUT2D eigenvalue weighted by Crippen LogP contribution is -2.30. The molecule has 3 rings (SSSR count). The molecule has 0 aromatic heterocycles. The first-order valence-electron chi connectivity index (χ1n) is 8.28. The van der Waals surface area contributed by atoms with E-state index in [1.165, 1.54) is 57.3 Å². The predicted octanol–water partition coefficient (Wildman–Crippen LogP) is 3.88. The molecule has 2 saturated carbocycles. The van der Waals surface area contributed by atoms with Crippen LogP contribution in [0.2, 0.25) is 0 Å². The van der Waals surface area contributed by atoms with Gasteiger partial charge in [0.15, 0.2) is 0 Å². The number of benzene rings is 1. The molecule has 0 bridgehead atoms. The van der Waals surface area contributed by atoms with E-state index in [9.17, 15) is 0 Å². The highest BCUT2D eigenvalue weighted by Crippen LogP contribution is 2.34. The summed E-state index contributed by atoms with van der Waals surface area (Å²) >= 11 is 0. The molecule has 0 heterocycles. The molecule has 20 heavy (non-hydrogen) atoms. The van der Waals surface area contributed by atoms with Crippen molar-refractivity contribution in [1.82, 2.24) is 4.90 Å². The smallest absolute Gasteiger partial charge is 0.0314 e. The van der Waals surface area contributed by atoms with Gasteiger partial charge in [-0.3, -0.25) is 0 Å². The molecule has 2 aliphatic carbocycles. The minimum atomic E-state index is 0.636. The number of nitrogens with zero attached hydrogens (tertiary/aromatic N) is 1. The average Bonchev–Trinajstić information content (AvgIpc) is 3.32. The van der Waals surface area contributed by atoms with Crippen molar-refractivity contribution in [3.63, 3.8) is 0 Å². The van der Waals surface area contributed by atoms with Crippen molar-refractivity contribution in [1.29, 1.82) is 0 Å².